The van der Waals surface area contributed by atoms with Gasteiger partial charge in [0, 0.05) is 12.1 Å². The summed E-state index contributed by atoms with van der Waals surface area (Å²) >= 11 is 0. The number of ether oxygens (including phenoxy) is 1. The molecule has 0 aliphatic carbocycles. The van der Waals surface area contributed by atoms with Gasteiger partial charge in [-0.25, -0.2) is 0 Å². The minimum Gasteiger partial charge on any atom is -0.488 e. The first-order chi connectivity index (χ1) is 16.3. The number of hydrogen-bond acceptors (Lipinski definition) is 6. The van der Waals surface area contributed by atoms with E-state index < -0.39 is 5.41 Å². The van der Waals surface area contributed by atoms with Gasteiger partial charge in [0.15, 0.2) is 0 Å². The molecule has 3 amide bonds. The molecule has 1 fully saturated rings. The van der Waals surface area contributed by atoms with Gasteiger partial charge in [-0.05, 0) is 56.5 Å². The Labute approximate surface area is 197 Å². The molecule has 0 bridgehead atoms. The van der Waals surface area contributed by atoms with Crippen LogP contribution >= 0.6 is 0 Å². The third kappa shape index (κ3) is 4.44. The standard InChI is InChI=1S/C26H27N3O5/c1-4-26(14-13-23(30)28-25(26)32)18-9-11-19(12-10-18)27-24(31)20-7-5-6-8-22(20)33-15-21-16(2)29-34-17(21)3/h5-12H,4,13-15H2,1-3H3,(H,27,31)(H,28,30,32). The topological polar surface area (TPSA) is 111 Å². The molecule has 3 aromatic rings. The van der Waals surface area contributed by atoms with Crippen molar-refractivity contribution in [2.24, 2.45) is 0 Å². The van der Waals surface area contributed by atoms with E-state index in [0.717, 1.165) is 16.8 Å². The summed E-state index contributed by atoms with van der Waals surface area (Å²) in [6.07, 6.45) is 1.35. The van der Waals surface area contributed by atoms with Gasteiger partial charge < -0.3 is 14.6 Å². The highest BCUT2D eigenvalue weighted by molar-refractivity contribution is 6.06. The Balaban J connectivity index is 1.48. The van der Waals surface area contributed by atoms with Crippen LogP contribution in [0.1, 0.15) is 59.1 Å². The van der Waals surface area contributed by atoms with Crippen LogP contribution < -0.4 is 15.4 Å². The molecule has 0 saturated carbocycles. The van der Waals surface area contributed by atoms with Crippen LogP contribution in [0.15, 0.2) is 53.1 Å². The molecule has 1 unspecified atom stereocenters. The first-order valence-electron chi connectivity index (χ1n) is 11.2. The number of imide groups is 1. The van der Waals surface area contributed by atoms with Gasteiger partial charge in [0.25, 0.3) is 5.91 Å². The number of aromatic nitrogens is 1. The molecule has 2 heterocycles. The number of amides is 3. The average molecular weight is 462 g/mol. The molecular formula is C26H27N3O5. The minimum absolute atomic E-state index is 0.240. The van der Waals surface area contributed by atoms with Crippen LogP contribution in [0.5, 0.6) is 5.75 Å². The van der Waals surface area contributed by atoms with E-state index in [1.54, 1.807) is 36.4 Å². The van der Waals surface area contributed by atoms with Crippen LogP contribution in [-0.2, 0) is 21.6 Å². The molecule has 0 spiro atoms. The molecule has 176 valence electrons. The van der Waals surface area contributed by atoms with Gasteiger partial charge in [0.2, 0.25) is 11.8 Å². The maximum absolute atomic E-state index is 13.0. The van der Waals surface area contributed by atoms with Gasteiger partial charge in [-0.2, -0.15) is 0 Å². The molecular weight excluding hydrogens is 434 g/mol. The van der Waals surface area contributed by atoms with E-state index in [1.807, 2.05) is 32.9 Å². The monoisotopic (exact) mass is 461 g/mol. The van der Waals surface area contributed by atoms with E-state index in [4.69, 9.17) is 9.26 Å². The fourth-order valence-electron chi connectivity index (χ4n) is 4.28. The van der Waals surface area contributed by atoms with Crippen molar-refractivity contribution in [3.63, 3.8) is 0 Å². The summed E-state index contributed by atoms with van der Waals surface area (Å²) in [5, 5.41) is 9.27. The molecule has 1 aliphatic heterocycles. The van der Waals surface area contributed by atoms with Crippen molar-refractivity contribution in [3.8, 4) is 5.75 Å². The quantitative estimate of drug-likeness (QED) is 0.510. The minimum atomic E-state index is -0.741. The number of piperidine rings is 1. The lowest BCUT2D eigenvalue weighted by molar-refractivity contribution is -0.138. The Morgan fingerprint density at radius 2 is 1.88 bits per heavy atom. The predicted molar refractivity (Wildman–Crippen MR) is 125 cm³/mol. The third-order valence-corrected chi connectivity index (χ3v) is 6.45. The summed E-state index contributed by atoms with van der Waals surface area (Å²) < 4.78 is 11.1. The second-order valence-electron chi connectivity index (χ2n) is 8.43. The summed E-state index contributed by atoms with van der Waals surface area (Å²) in [5.74, 6) is 0.305. The molecule has 8 heteroatoms. The van der Waals surface area contributed by atoms with Crippen molar-refractivity contribution >= 4 is 23.4 Å². The van der Waals surface area contributed by atoms with E-state index in [-0.39, 0.29) is 24.3 Å². The molecule has 0 radical (unpaired) electrons. The van der Waals surface area contributed by atoms with Crippen LogP contribution in [0, 0.1) is 13.8 Å². The number of carbonyl (C=O) groups is 3. The smallest absolute Gasteiger partial charge is 0.259 e. The van der Waals surface area contributed by atoms with Gasteiger partial charge in [-0.15, -0.1) is 0 Å². The second-order valence-corrected chi connectivity index (χ2v) is 8.43. The van der Waals surface area contributed by atoms with Crippen molar-refractivity contribution < 1.29 is 23.6 Å². The Morgan fingerprint density at radius 1 is 1.15 bits per heavy atom. The fraction of sp³-hybridized carbons (Fsp3) is 0.308. The molecule has 8 nitrogen and oxygen atoms in total. The molecule has 1 aromatic heterocycles. The van der Waals surface area contributed by atoms with Gasteiger partial charge in [0.05, 0.1) is 22.2 Å². The summed E-state index contributed by atoms with van der Waals surface area (Å²) in [7, 11) is 0. The van der Waals surface area contributed by atoms with Crippen molar-refractivity contribution in [1.29, 1.82) is 0 Å². The summed E-state index contributed by atoms with van der Waals surface area (Å²) in [4.78, 5) is 37.2. The van der Waals surface area contributed by atoms with E-state index in [0.29, 0.717) is 42.0 Å². The van der Waals surface area contributed by atoms with Crippen LogP contribution in [0.4, 0.5) is 5.69 Å². The van der Waals surface area contributed by atoms with Crippen LogP contribution in [0.25, 0.3) is 0 Å². The Hall–Kier alpha value is -3.94. The molecule has 1 atom stereocenters. The maximum atomic E-state index is 13.0. The molecule has 1 aliphatic rings. The fourth-order valence-corrected chi connectivity index (χ4v) is 4.28. The third-order valence-electron chi connectivity index (χ3n) is 6.45. The molecule has 2 N–H and O–H groups in total. The van der Waals surface area contributed by atoms with E-state index in [1.165, 1.54) is 0 Å². The van der Waals surface area contributed by atoms with Gasteiger partial charge in [-0.3, -0.25) is 19.7 Å². The van der Waals surface area contributed by atoms with Crippen LogP contribution in [0.3, 0.4) is 0 Å². The lowest BCUT2D eigenvalue weighted by Crippen LogP contribution is -2.51. The number of nitrogens with zero attached hydrogens (tertiary/aromatic N) is 1. The van der Waals surface area contributed by atoms with Gasteiger partial charge in [-0.1, -0.05) is 36.3 Å². The molecule has 4 rings (SSSR count). The van der Waals surface area contributed by atoms with Crippen LogP contribution in [0.2, 0.25) is 0 Å². The summed E-state index contributed by atoms with van der Waals surface area (Å²) in [6.45, 7) is 5.84. The van der Waals surface area contributed by atoms with E-state index >= 15 is 0 Å². The number of aryl methyl sites for hydroxylation is 2. The largest absolute Gasteiger partial charge is 0.488 e. The van der Waals surface area contributed by atoms with E-state index in [2.05, 4.69) is 15.8 Å². The van der Waals surface area contributed by atoms with Crippen molar-refractivity contribution in [2.75, 3.05) is 5.32 Å². The van der Waals surface area contributed by atoms with Gasteiger partial charge in [0.1, 0.15) is 18.1 Å². The number of carbonyl (C=O) groups excluding carboxylic acids is 3. The van der Waals surface area contributed by atoms with Crippen molar-refractivity contribution in [2.45, 2.75) is 52.1 Å². The number of para-hydroxylation sites is 1. The Bertz CT molecular complexity index is 1210. The molecule has 34 heavy (non-hydrogen) atoms. The first kappa shape index (κ1) is 23.2. The highest BCUT2D eigenvalue weighted by Gasteiger charge is 2.42. The normalized spacial score (nSPS) is 17.9. The lowest BCUT2D eigenvalue weighted by Gasteiger charge is -2.35. The first-order valence-corrected chi connectivity index (χ1v) is 11.2. The zero-order valence-corrected chi connectivity index (χ0v) is 19.4. The average Bonchev–Trinajstić information content (AvgIpc) is 3.16. The number of nitrogens with one attached hydrogen (secondary N) is 2. The maximum Gasteiger partial charge on any atom is 0.259 e. The zero-order valence-electron chi connectivity index (χ0n) is 19.4. The molecule has 1 saturated heterocycles. The van der Waals surface area contributed by atoms with Gasteiger partial charge >= 0.3 is 0 Å². The second kappa shape index (κ2) is 9.51. The molecule has 2 aromatic carbocycles. The highest BCUT2D eigenvalue weighted by atomic mass is 16.5. The van der Waals surface area contributed by atoms with Crippen LogP contribution in [-0.4, -0.2) is 22.9 Å². The lowest BCUT2D eigenvalue weighted by atomic mass is 9.72. The van der Waals surface area contributed by atoms with Crippen molar-refractivity contribution in [1.82, 2.24) is 10.5 Å². The SMILES string of the molecule is CCC1(c2ccc(NC(=O)c3ccccc3OCc3c(C)noc3C)cc2)CCC(=O)NC1=O. The van der Waals surface area contributed by atoms with E-state index in [9.17, 15) is 14.4 Å². The number of hydrogen-bond donors (Lipinski definition) is 2. The number of anilines is 1. The van der Waals surface area contributed by atoms with Crippen molar-refractivity contribution in [3.05, 3.63) is 76.7 Å². The summed E-state index contributed by atoms with van der Waals surface area (Å²) in [5.41, 5.74) is 2.67. The highest BCUT2D eigenvalue weighted by Crippen LogP contribution is 2.36. The number of benzene rings is 2. The summed E-state index contributed by atoms with van der Waals surface area (Å²) in [6, 6.07) is 14.2. The number of rotatable bonds is 7. The zero-order chi connectivity index (χ0) is 24.3. The predicted octanol–water partition coefficient (Wildman–Crippen LogP) is 4.21. The Kier molecular flexibility index (Phi) is 6.49. The Morgan fingerprint density at radius 3 is 2.53 bits per heavy atom.